The third-order valence-corrected chi connectivity index (χ3v) is 9.65. The number of fused-ring (bicyclic) bond motifs is 1. The quantitative estimate of drug-likeness (QED) is 0.443. The van der Waals surface area contributed by atoms with Crippen LogP contribution < -0.4 is 15.0 Å². The third-order valence-electron chi connectivity index (χ3n) is 9.65. The van der Waals surface area contributed by atoms with Crippen molar-refractivity contribution in [1.82, 2.24) is 35.3 Å². The van der Waals surface area contributed by atoms with Gasteiger partial charge >= 0.3 is 0 Å². The van der Waals surface area contributed by atoms with Gasteiger partial charge in [0.2, 0.25) is 0 Å². The molecule has 9 nitrogen and oxygen atoms in total. The predicted octanol–water partition coefficient (Wildman–Crippen LogP) is 3.78. The molecule has 0 unspecified atom stereocenters. The van der Waals surface area contributed by atoms with Gasteiger partial charge in [-0.15, -0.1) is 0 Å². The lowest BCUT2D eigenvalue weighted by Crippen LogP contribution is -2.50. The Kier molecular flexibility index (Phi) is 7.37. The first-order valence-electron chi connectivity index (χ1n) is 15.5. The van der Waals surface area contributed by atoms with Crippen LogP contribution in [0.15, 0.2) is 30.6 Å². The second-order valence-electron chi connectivity index (χ2n) is 12.8. The van der Waals surface area contributed by atoms with Crippen molar-refractivity contribution in [3.63, 3.8) is 0 Å². The van der Waals surface area contributed by atoms with Gasteiger partial charge in [-0.25, -0.2) is 9.97 Å². The van der Waals surface area contributed by atoms with E-state index in [-0.39, 0.29) is 5.60 Å². The number of benzene rings is 1. The smallest absolute Gasteiger partial charge is 0.132 e. The lowest BCUT2D eigenvalue weighted by atomic mass is 9.95. The number of nitrogens with one attached hydrogen (secondary N) is 2. The second kappa shape index (κ2) is 11.3. The molecule has 0 amide bonds. The molecule has 4 aliphatic rings. The molecule has 0 radical (unpaired) electrons. The van der Waals surface area contributed by atoms with Crippen molar-refractivity contribution < 1.29 is 4.74 Å². The van der Waals surface area contributed by atoms with E-state index < -0.39 is 0 Å². The maximum absolute atomic E-state index is 6.21. The third kappa shape index (κ3) is 5.97. The number of H-pyrrole nitrogens is 1. The van der Waals surface area contributed by atoms with Gasteiger partial charge in [-0.3, -0.25) is 5.10 Å². The molecule has 2 N–H and O–H groups in total. The highest BCUT2D eigenvalue weighted by molar-refractivity contribution is 5.93. The first-order valence-corrected chi connectivity index (χ1v) is 15.5. The fraction of sp³-hybridized carbons (Fsp3) is 0.645. The summed E-state index contributed by atoms with van der Waals surface area (Å²) < 4.78 is 6.21. The van der Waals surface area contributed by atoms with Gasteiger partial charge in [0, 0.05) is 63.8 Å². The van der Waals surface area contributed by atoms with Gasteiger partial charge in [0.15, 0.2) is 0 Å². The molecule has 0 spiro atoms. The van der Waals surface area contributed by atoms with E-state index in [2.05, 4.69) is 59.2 Å². The first kappa shape index (κ1) is 26.2. The minimum Gasteiger partial charge on any atom is -0.488 e. The minimum atomic E-state index is -0.00719. The number of aromatic nitrogens is 4. The molecule has 7 rings (SSSR count). The summed E-state index contributed by atoms with van der Waals surface area (Å²) in [6, 6.07) is 8.25. The molecule has 3 aromatic rings. The van der Waals surface area contributed by atoms with Crippen molar-refractivity contribution in [1.29, 1.82) is 0 Å². The average Bonchev–Trinajstić information content (AvgIpc) is 3.56. The number of nitrogens with zero attached hydrogens (tertiary/aromatic N) is 6. The standard InChI is InChI=1S/C31H44N8O/c1-31(8-9-31)40-25-2-3-27-26(18-25)30(36-35-27)28-19-29(34-22-33-28)39-12-6-24(7-13-39)21-38-16-14-37(15-17-38)20-23-4-10-32-11-5-23/h2-3,18-19,22-24,32H,4-17,20-21H2,1H3,(H,35,36). The molecule has 9 heteroatoms. The number of ether oxygens (including phenoxy) is 1. The molecule has 5 heterocycles. The van der Waals surface area contributed by atoms with Gasteiger partial charge in [0.05, 0.1) is 16.9 Å². The molecule has 1 aromatic carbocycles. The number of anilines is 1. The molecule has 2 aromatic heterocycles. The molecule has 1 aliphatic carbocycles. The Bertz CT molecular complexity index is 1280. The van der Waals surface area contributed by atoms with E-state index in [1.165, 1.54) is 78.0 Å². The number of piperidine rings is 2. The van der Waals surface area contributed by atoms with E-state index in [1.54, 1.807) is 6.33 Å². The Balaban J connectivity index is 0.929. The topological polar surface area (TPSA) is 85.4 Å². The van der Waals surface area contributed by atoms with Crippen molar-refractivity contribution >= 4 is 16.7 Å². The summed E-state index contributed by atoms with van der Waals surface area (Å²) in [7, 11) is 0. The lowest BCUT2D eigenvalue weighted by molar-refractivity contribution is 0.0961. The SMILES string of the molecule is CC1(Oc2ccc3n[nH]c(-c4cc(N5CCC(CN6CCN(CC7CCNCC7)CC6)CC5)ncn4)c3c2)CC1. The minimum absolute atomic E-state index is 0.00719. The van der Waals surface area contributed by atoms with Crippen molar-refractivity contribution in [3.8, 4) is 17.1 Å². The summed E-state index contributed by atoms with van der Waals surface area (Å²) in [6.45, 7) is 14.2. The summed E-state index contributed by atoms with van der Waals surface area (Å²) in [5.74, 6) is 3.58. The van der Waals surface area contributed by atoms with Crippen LogP contribution in [0.2, 0.25) is 0 Å². The van der Waals surface area contributed by atoms with Crippen LogP contribution in [-0.4, -0.2) is 101 Å². The maximum atomic E-state index is 6.21. The van der Waals surface area contributed by atoms with Gasteiger partial charge in [0.25, 0.3) is 0 Å². The number of aromatic amines is 1. The summed E-state index contributed by atoms with van der Waals surface area (Å²) >= 11 is 0. The van der Waals surface area contributed by atoms with Crippen LogP contribution in [0.5, 0.6) is 5.75 Å². The Morgan fingerprint density at radius 2 is 1.57 bits per heavy atom. The lowest BCUT2D eigenvalue weighted by Gasteiger charge is -2.40. The van der Waals surface area contributed by atoms with Crippen LogP contribution in [0, 0.1) is 11.8 Å². The van der Waals surface area contributed by atoms with Crippen LogP contribution in [-0.2, 0) is 0 Å². The molecule has 3 saturated heterocycles. The van der Waals surface area contributed by atoms with Crippen molar-refractivity contribution in [2.75, 3.05) is 70.3 Å². The van der Waals surface area contributed by atoms with Gasteiger partial charge < -0.3 is 24.8 Å². The zero-order valence-corrected chi connectivity index (χ0v) is 23.9. The summed E-state index contributed by atoms with van der Waals surface area (Å²) in [5.41, 5.74) is 2.73. The monoisotopic (exact) mass is 544 g/mol. The number of hydrogen-bond donors (Lipinski definition) is 2. The van der Waals surface area contributed by atoms with E-state index in [1.807, 2.05) is 12.1 Å². The van der Waals surface area contributed by atoms with E-state index in [9.17, 15) is 0 Å². The summed E-state index contributed by atoms with van der Waals surface area (Å²) in [6.07, 6.45) is 9.07. The zero-order valence-electron chi connectivity index (χ0n) is 23.9. The first-order chi connectivity index (χ1) is 19.6. The molecule has 0 bridgehead atoms. The number of hydrogen-bond acceptors (Lipinski definition) is 8. The van der Waals surface area contributed by atoms with Crippen molar-refractivity contribution in [3.05, 3.63) is 30.6 Å². The van der Waals surface area contributed by atoms with Crippen LogP contribution in [0.25, 0.3) is 22.3 Å². The van der Waals surface area contributed by atoms with E-state index in [0.717, 1.165) is 71.6 Å². The zero-order chi connectivity index (χ0) is 26.9. The molecule has 4 fully saturated rings. The molecule has 0 atom stereocenters. The van der Waals surface area contributed by atoms with E-state index in [0.29, 0.717) is 0 Å². The maximum Gasteiger partial charge on any atom is 0.132 e. The Hall–Kier alpha value is -2.75. The molecule has 40 heavy (non-hydrogen) atoms. The van der Waals surface area contributed by atoms with Crippen LogP contribution in [0.4, 0.5) is 5.82 Å². The Morgan fingerprint density at radius 3 is 2.27 bits per heavy atom. The van der Waals surface area contributed by atoms with Gasteiger partial charge in [-0.1, -0.05) is 0 Å². The highest BCUT2D eigenvalue weighted by atomic mass is 16.5. The van der Waals surface area contributed by atoms with Gasteiger partial charge in [-0.2, -0.15) is 5.10 Å². The summed E-state index contributed by atoms with van der Waals surface area (Å²) in [4.78, 5) is 17.1. The normalized spacial score (nSPS) is 23.1. The second-order valence-corrected chi connectivity index (χ2v) is 12.8. The summed E-state index contributed by atoms with van der Waals surface area (Å²) in [5, 5.41) is 12.3. The fourth-order valence-corrected chi connectivity index (χ4v) is 6.76. The highest BCUT2D eigenvalue weighted by Crippen LogP contribution is 2.40. The molecule has 3 aliphatic heterocycles. The number of piperazine rings is 1. The van der Waals surface area contributed by atoms with E-state index in [4.69, 9.17) is 4.74 Å². The van der Waals surface area contributed by atoms with Crippen LogP contribution >= 0.6 is 0 Å². The van der Waals surface area contributed by atoms with Gasteiger partial charge in [-0.05, 0) is 88.6 Å². The average molecular weight is 545 g/mol. The van der Waals surface area contributed by atoms with Crippen molar-refractivity contribution in [2.45, 2.75) is 51.0 Å². The fourth-order valence-electron chi connectivity index (χ4n) is 6.76. The van der Waals surface area contributed by atoms with E-state index >= 15 is 0 Å². The number of rotatable bonds is 8. The Labute approximate surface area is 237 Å². The molecule has 214 valence electrons. The molecular formula is C31H44N8O. The molecule has 1 saturated carbocycles. The van der Waals surface area contributed by atoms with Crippen LogP contribution in [0.1, 0.15) is 45.4 Å². The van der Waals surface area contributed by atoms with Crippen molar-refractivity contribution in [2.24, 2.45) is 11.8 Å². The largest absolute Gasteiger partial charge is 0.488 e. The van der Waals surface area contributed by atoms with Gasteiger partial charge in [0.1, 0.15) is 23.5 Å². The highest BCUT2D eigenvalue weighted by Gasteiger charge is 2.40. The molecular weight excluding hydrogens is 500 g/mol. The Morgan fingerprint density at radius 1 is 0.875 bits per heavy atom. The van der Waals surface area contributed by atoms with Crippen LogP contribution in [0.3, 0.4) is 0 Å². The predicted molar refractivity (Wildman–Crippen MR) is 159 cm³/mol.